The molecule has 1 fully saturated rings. The number of sulfonamides is 1. The zero-order valence-electron chi connectivity index (χ0n) is 20.4. The van der Waals surface area contributed by atoms with Crippen LogP contribution in [0.3, 0.4) is 0 Å². The van der Waals surface area contributed by atoms with Crippen molar-refractivity contribution in [3.63, 3.8) is 0 Å². The van der Waals surface area contributed by atoms with E-state index in [4.69, 9.17) is 4.74 Å². The van der Waals surface area contributed by atoms with Crippen LogP contribution < -0.4 is 10.0 Å². The summed E-state index contributed by atoms with van der Waals surface area (Å²) in [5, 5.41) is 2.02. The van der Waals surface area contributed by atoms with Gasteiger partial charge in [-0.2, -0.15) is 0 Å². The largest absolute Gasteiger partial charge is 0.481 e. The molecule has 0 spiro atoms. The Morgan fingerprint density at radius 3 is 2.64 bits per heavy atom. The molecule has 0 aromatic carbocycles. The minimum Gasteiger partial charge on any atom is -0.481 e. The van der Waals surface area contributed by atoms with E-state index in [1.165, 1.54) is 43.7 Å². The van der Waals surface area contributed by atoms with Gasteiger partial charge in [-0.25, -0.2) is 22.8 Å². The molecule has 1 aliphatic rings. The van der Waals surface area contributed by atoms with Crippen molar-refractivity contribution in [3.05, 3.63) is 54.1 Å². The molecule has 0 saturated heterocycles. The molecule has 192 valence electrons. The Labute approximate surface area is 209 Å². The summed E-state index contributed by atoms with van der Waals surface area (Å²) in [5.74, 6) is -0.431. The Hall–Kier alpha value is -3.67. The summed E-state index contributed by atoms with van der Waals surface area (Å²) in [6.07, 6.45) is 5.10. The third kappa shape index (κ3) is 6.51. The number of ether oxygens (including phenoxy) is 1. The first-order valence-corrected chi connectivity index (χ1v) is 13.0. The van der Waals surface area contributed by atoms with Gasteiger partial charge in [-0.3, -0.25) is 19.5 Å². The number of anilines is 2. The normalized spacial score (nSPS) is 16.1. The third-order valence-electron chi connectivity index (χ3n) is 5.38. The van der Waals surface area contributed by atoms with Crippen LogP contribution in [0.5, 0.6) is 0 Å². The fourth-order valence-electron chi connectivity index (χ4n) is 3.29. The molecule has 1 unspecified atom stereocenters. The van der Waals surface area contributed by atoms with Gasteiger partial charge in [-0.1, -0.05) is 6.92 Å². The number of hydrogen-bond donors (Lipinski definition) is 2. The van der Waals surface area contributed by atoms with Crippen LogP contribution >= 0.6 is 0 Å². The fraction of sp³-hybridized carbons (Fsp3) is 0.375. The number of nitrogens with one attached hydrogen (secondary N) is 2. The van der Waals surface area contributed by atoms with Crippen LogP contribution in [0.4, 0.5) is 15.9 Å². The standard InChI is InChI=1S/C24H29FN6O4S/c1-5-24(25,21-13-18(11-12-27-21)31-36(33,34)19-8-9-19)23(32)30-22-10-7-17(14-28-22)20(15-26-4)29-16(3)35-6-2/h7,10-15,19H,4-6,8-9H2,1-3H3,(H,27,31)(H,28,30,32)/b20-15-,29-16+. The average molecular weight is 517 g/mol. The summed E-state index contributed by atoms with van der Waals surface area (Å²) in [6, 6.07) is 5.79. The summed E-state index contributed by atoms with van der Waals surface area (Å²) in [7, 11) is -3.55. The number of rotatable bonds is 11. The van der Waals surface area contributed by atoms with E-state index in [2.05, 4.69) is 36.7 Å². The second-order valence-corrected chi connectivity index (χ2v) is 10.0. The lowest BCUT2D eigenvalue weighted by Crippen LogP contribution is -2.37. The quantitative estimate of drug-likeness (QED) is 0.342. The lowest BCUT2D eigenvalue weighted by molar-refractivity contribution is -0.128. The molecule has 0 radical (unpaired) electrons. The molecule has 1 amide bonds. The highest BCUT2D eigenvalue weighted by molar-refractivity contribution is 7.93. The van der Waals surface area contributed by atoms with Crippen LogP contribution in [-0.2, 0) is 25.2 Å². The highest BCUT2D eigenvalue weighted by atomic mass is 32.2. The molecule has 2 aromatic heterocycles. The van der Waals surface area contributed by atoms with Crippen molar-refractivity contribution >= 4 is 45.7 Å². The molecular weight excluding hydrogens is 487 g/mol. The number of pyridine rings is 2. The maximum Gasteiger partial charge on any atom is 0.269 e. The van der Waals surface area contributed by atoms with Crippen molar-refractivity contribution in [3.8, 4) is 0 Å². The molecule has 2 heterocycles. The molecule has 1 aliphatic carbocycles. The van der Waals surface area contributed by atoms with E-state index >= 15 is 4.39 Å². The van der Waals surface area contributed by atoms with Crippen molar-refractivity contribution in [1.29, 1.82) is 0 Å². The van der Waals surface area contributed by atoms with Crippen molar-refractivity contribution < 1.29 is 22.3 Å². The van der Waals surface area contributed by atoms with Gasteiger partial charge in [0.25, 0.3) is 5.91 Å². The minimum atomic E-state index is -3.55. The number of aromatic nitrogens is 2. The molecule has 1 saturated carbocycles. The highest BCUT2D eigenvalue weighted by Gasteiger charge is 2.41. The maximum absolute atomic E-state index is 15.9. The molecular formula is C24H29FN6O4S. The lowest BCUT2D eigenvalue weighted by Gasteiger charge is -2.22. The first-order valence-electron chi connectivity index (χ1n) is 11.4. The molecule has 12 heteroatoms. The summed E-state index contributed by atoms with van der Waals surface area (Å²) in [5.41, 5.74) is -1.55. The van der Waals surface area contributed by atoms with Gasteiger partial charge in [0.2, 0.25) is 15.7 Å². The second kappa shape index (κ2) is 11.4. The monoisotopic (exact) mass is 516 g/mol. The Morgan fingerprint density at radius 1 is 1.31 bits per heavy atom. The van der Waals surface area contributed by atoms with E-state index < -0.39 is 26.8 Å². The molecule has 10 nitrogen and oxygen atoms in total. The minimum absolute atomic E-state index is 0.112. The fourth-order valence-corrected chi connectivity index (χ4v) is 4.67. The van der Waals surface area contributed by atoms with E-state index in [0.717, 1.165) is 0 Å². The first kappa shape index (κ1) is 26.9. The topological polar surface area (TPSA) is 135 Å². The van der Waals surface area contributed by atoms with Crippen molar-refractivity contribution in [1.82, 2.24) is 9.97 Å². The van der Waals surface area contributed by atoms with Gasteiger partial charge in [-0.15, -0.1) is 0 Å². The Morgan fingerprint density at radius 2 is 2.06 bits per heavy atom. The van der Waals surface area contributed by atoms with Gasteiger partial charge < -0.3 is 10.1 Å². The van der Waals surface area contributed by atoms with E-state index in [1.54, 1.807) is 13.0 Å². The number of nitrogens with zero attached hydrogens (tertiary/aromatic N) is 4. The lowest BCUT2D eigenvalue weighted by atomic mass is 9.96. The van der Waals surface area contributed by atoms with Crippen LogP contribution in [0.25, 0.3) is 5.70 Å². The van der Waals surface area contributed by atoms with E-state index in [-0.39, 0.29) is 23.6 Å². The van der Waals surface area contributed by atoms with Gasteiger partial charge in [0.05, 0.1) is 35.1 Å². The third-order valence-corrected chi connectivity index (χ3v) is 7.25. The zero-order chi connectivity index (χ0) is 26.3. The van der Waals surface area contributed by atoms with Crippen molar-refractivity contribution in [2.24, 2.45) is 9.98 Å². The van der Waals surface area contributed by atoms with E-state index in [9.17, 15) is 13.2 Å². The number of amides is 1. The smallest absolute Gasteiger partial charge is 0.269 e. The molecule has 1 atom stereocenters. The Kier molecular flexibility index (Phi) is 8.51. The molecule has 2 aromatic rings. The molecule has 36 heavy (non-hydrogen) atoms. The second-order valence-electron chi connectivity index (χ2n) is 8.08. The van der Waals surface area contributed by atoms with Crippen molar-refractivity contribution in [2.45, 2.75) is 51.0 Å². The molecule has 0 aliphatic heterocycles. The van der Waals surface area contributed by atoms with Crippen LogP contribution in [0.15, 0.2) is 52.8 Å². The number of alkyl halides is 1. The van der Waals surface area contributed by atoms with Crippen LogP contribution in [0.2, 0.25) is 0 Å². The number of hydrogen-bond acceptors (Lipinski definition) is 8. The van der Waals surface area contributed by atoms with Gasteiger partial charge in [0.15, 0.2) is 5.90 Å². The molecule has 2 N–H and O–H groups in total. The summed E-state index contributed by atoms with van der Waals surface area (Å²) in [6.45, 7) is 8.94. The highest BCUT2D eigenvalue weighted by Crippen LogP contribution is 2.33. The summed E-state index contributed by atoms with van der Waals surface area (Å²) < 4.78 is 48.2. The average Bonchev–Trinajstić information content (AvgIpc) is 3.70. The van der Waals surface area contributed by atoms with E-state index in [1.807, 2.05) is 6.92 Å². The van der Waals surface area contributed by atoms with Gasteiger partial charge in [-0.05, 0) is 57.2 Å². The molecule has 0 bridgehead atoms. The van der Waals surface area contributed by atoms with Crippen LogP contribution in [0.1, 0.15) is 51.3 Å². The van der Waals surface area contributed by atoms with Crippen molar-refractivity contribution in [2.75, 3.05) is 16.6 Å². The van der Waals surface area contributed by atoms with Gasteiger partial charge >= 0.3 is 0 Å². The number of halogens is 1. The number of carbonyl (C=O) groups is 1. The van der Waals surface area contributed by atoms with Gasteiger partial charge in [0.1, 0.15) is 5.82 Å². The van der Waals surface area contributed by atoms with Crippen LogP contribution in [0, 0.1) is 0 Å². The predicted octanol–water partition coefficient (Wildman–Crippen LogP) is 4.05. The number of aliphatic imine (C=N–C) groups is 2. The number of carbonyl (C=O) groups excluding carboxylic acids is 1. The first-order chi connectivity index (χ1) is 17.1. The van der Waals surface area contributed by atoms with Crippen LogP contribution in [-0.4, -0.2) is 48.8 Å². The Balaban J connectivity index is 1.78. The maximum atomic E-state index is 15.9. The molecule has 3 rings (SSSR count). The van der Waals surface area contributed by atoms with Gasteiger partial charge in [0, 0.05) is 24.9 Å². The SMILES string of the molecule is C=N/C=C(\N=C(/C)OCC)c1ccc(NC(=O)C(F)(CC)c2cc(NS(=O)(=O)C3CC3)ccn2)nc1. The zero-order valence-corrected chi connectivity index (χ0v) is 21.2. The summed E-state index contributed by atoms with van der Waals surface area (Å²) in [4.78, 5) is 29.2. The Bertz CT molecular complexity index is 1280. The van der Waals surface area contributed by atoms with E-state index in [0.29, 0.717) is 36.6 Å². The predicted molar refractivity (Wildman–Crippen MR) is 138 cm³/mol. The summed E-state index contributed by atoms with van der Waals surface area (Å²) >= 11 is 0.